The fourth-order valence-electron chi connectivity index (χ4n) is 3.91. The highest BCUT2D eigenvalue weighted by Gasteiger charge is 2.36. The molecule has 2 atom stereocenters. The number of carbonyl (C=O) groups is 1. The number of hydrogen-bond acceptors (Lipinski definition) is 7. The van der Waals surface area contributed by atoms with Crippen molar-refractivity contribution in [1.29, 1.82) is 0 Å². The Kier molecular flexibility index (Phi) is 6.39. The maximum atomic E-state index is 12.9. The van der Waals surface area contributed by atoms with Crippen LogP contribution in [-0.4, -0.2) is 31.3 Å². The van der Waals surface area contributed by atoms with Crippen molar-refractivity contribution in [3.8, 4) is 34.5 Å². The summed E-state index contributed by atoms with van der Waals surface area (Å²) in [6, 6.07) is 3.20. The number of Topliss-reactive ketones (excluding diaryl/α,β-unsaturated/α-hetero) is 1. The second kappa shape index (κ2) is 8.86. The van der Waals surface area contributed by atoms with Crippen molar-refractivity contribution in [3.05, 3.63) is 58.7 Å². The van der Waals surface area contributed by atoms with Gasteiger partial charge in [0.2, 0.25) is 0 Å². The minimum absolute atomic E-state index is 0.0130. The van der Waals surface area contributed by atoms with E-state index in [0.717, 1.165) is 29.3 Å². The molecule has 7 heteroatoms. The molecule has 32 heavy (non-hydrogen) atoms. The topological polar surface area (TPSA) is 127 Å². The molecule has 0 fully saturated rings. The van der Waals surface area contributed by atoms with E-state index < -0.39 is 29.1 Å². The zero-order valence-electron chi connectivity index (χ0n) is 18.3. The van der Waals surface area contributed by atoms with Gasteiger partial charge in [-0.3, -0.25) is 4.79 Å². The summed E-state index contributed by atoms with van der Waals surface area (Å²) in [5.74, 6) is -2.34. The van der Waals surface area contributed by atoms with Crippen molar-refractivity contribution in [3.63, 3.8) is 0 Å². The third kappa shape index (κ3) is 4.51. The Hall–Kier alpha value is -3.61. The molecule has 1 heterocycles. The predicted octanol–water partition coefficient (Wildman–Crippen LogP) is 5.01. The molecule has 0 radical (unpaired) electrons. The number of ketones is 1. The first-order chi connectivity index (χ1) is 15.0. The first kappa shape index (κ1) is 23.1. The Balaban J connectivity index is 2.09. The van der Waals surface area contributed by atoms with Gasteiger partial charge in [-0.15, -0.1) is 0 Å². The summed E-state index contributed by atoms with van der Waals surface area (Å²) >= 11 is 0. The third-order valence-corrected chi connectivity index (χ3v) is 5.65. The van der Waals surface area contributed by atoms with Crippen molar-refractivity contribution < 1.29 is 35.1 Å². The van der Waals surface area contributed by atoms with Crippen LogP contribution in [0.2, 0.25) is 0 Å². The number of phenols is 5. The largest absolute Gasteiger partial charge is 0.508 e. The standard InChI is InChI=1S/C25H28O7/c1-12(2)5-6-14(13(3)4)7-16-17(27)10-20(30)24-21(31)11-22(32-25(16)24)23-18(28)8-15(26)9-19(23)29/h5,8-10,14,22,26-30H,3,6-7,11H2,1-2,4H3. The molecule has 0 saturated heterocycles. The van der Waals surface area contributed by atoms with Crippen LogP contribution >= 0.6 is 0 Å². The van der Waals surface area contributed by atoms with Crippen LogP contribution in [0.5, 0.6) is 34.5 Å². The molecule has 0 bridgehead atoms. The molecular weight excluding hydrogens is 412 g/mol. The van der Waals surface area contributed by atoms with E-state index in [1.54, 1.807) is 0 Å². The molecule has 7 nitrogen and oxygen atoms in total. The Morgan fingerprint density at radius 3 is 2.25 bits per heavy atom. The van der Waals surface area contributed by atoms with Crippen LogP contribution in [0.1, 0.15) is 61.2 Å². The molecule has 3 rings (SSSR count). The fraction of sp³-hybridized carbons (Fsp3) is 0.320. The number of benzene rings is 2. The number of carbonyl (C=O) groups excluding carboxylic acids is 1. The molecule has 0 aromatic heterocycles. The number of allylic oxidation sites excluding steroid dienone is 3. The Labute approximate surface area is 186 Å². The molecule has 5 N–H and O–H groups in total. The molecule has 0 amide bonds. The van der Waals surface area contributed by atoms with Crippen molar-refractivity contribution in [2.45, 2.75) is 46.1 Å². The Morgan fingerprint density at radius 2 is 1.69 bits per heavy atom. The minimum Gasteiger partial charge on any atom is -0.508 e. The molecule has 2 aromatic rings. The van der Waals surface area contributed by atoms with Crippen molar-refractivity contribution >= 4 is 5.78 Å². The minimum atomic E-state index is -1.07. The average Bonchev–Trinajstić information content (AvgIpc) is 2.65. The van der Waals surface area contributed by atoms with Gasteiger partial charge >= 0.3 is 0 Å². The number of rotatable bonds is 6. The van der Waals surface area contributed by atoms with Gasteiger partial charge in [0, 0.05) is 23.8 Å². The van der Waals surface area contributed by atoms with E-state index in [0.29, 0.717) is 18.4 Å². The van der Waals surface area contributed by atoms with E-state index in [2.05, 4.69) is 12.7 Å². The lowest BCUT2D eigenvalue weighted by Gasteiger charge is -2.30. The van der Waals surface area contributed by atoms with E-state index in [4.69, 9.17) is 4.74 Å². The summed E-state index contributed by atoms with van der Waals surface area (Å²) < 4.78 is 6.00. The lowest BCUT2D eigenvalue weighted by molar-refractivity contribution is 0.0836. The SMILES string of the molecule is C=C(C)C(CC=C(C)C)Cc1c(O)cc(O)c2c1OC(c1c(O)cc(O)cc1O)CC2=O. The zero-order valence-corrected chi connectivity index (χ0v) is 18.3. The number of ether oxygens (including phenoxy) is 1. The summed E-state index contributed by atoms with van der Waals surface area (Å²) in [6.07, 6.45) is 1.71. The number of aromatic hydroxyl groups is 5. The molecular formula is C25H28O7. The lowest BCUT2D eigenvalue weighted by atomic mass is 9.86. The van der Waals surface area contributed by atoms with Crippen molar-refractivity contribution in [1.82, 2.24) is 0 Å². The second-order valence-electron chi connectivity index (χ2n) is 8.49. The number of fused-ring (bicyclic) bond motifs is 1. The van der Waals surface area contributed by atoms with Crippen LogP contribution in [0, 0.1) is 5.92 Å². The van der Waals surface area contributed by atoms with Gasteiger partial charge in [0.1, 0.15) is 46.2 Å². The highest BCUT2D eigenvalue weighted by Crippen LogP contribution is 2.49. The molecule has 0 spiro atoms. The second-order valence-corrected chi connectivity index (χ2v) is 8.49. The fourth-order valence-corrected chi connectivity index (χ4v) is 3.91. The summed E-state index contributed by atoms with van der Waals surface area (Å²) in [5.41, 5.74) is 2.25. The highest BCUT2D eigenvalue weighted by molar-refractivity contribution is 6.03. The summed E-state index contributed by atoms with van der Waals surface area (Å²) in [4.78, 5) is 12.9. The molecule has 2 unspecified atom stereocenters. The molecule has 170 valence electrons. The van der Waals surface area contributed by atoms with Crippen LogP contribution in [0.3, 0.4) is 0 Å². The van der Waals surface area contributed by atoms with Crippen LogP contribution in [0.4, 0.5) is 0 Å². The van der Waals surface area contributed by atoms with Gasteiger partial charge in [-0.25, -0.2) is 0 Å². The monoisotopic (exact) mass is 440 g/mol. The molecule has 0 aliphatic carbocycles. The number of hydrogen-bond donors (Lipinski definition) is 5. The maximum Gasteiger partial charge on any atom is 0.174 e. The molecule has 2 aromatic carbocycles. The first-order valence-electron chi connectivity index (χ1n) is 10.3. The van der Waals surface area contributed by atoms with E-state index >= 15 is 0 Å². The van der Waals surface area contributed by atoms with Gasteiger partial charge in [-0.05, 0) is 39.5 Å². The predicted molar refractivity (Wildman–Crippen MR) is 120 cm³/mol. The van der Waals surface area contributed by atoms with Gasteiger partial charge in [-0.1, -0.05) is 23.8 Å². The van der Waals surface area contributed by atoms with Crippen molar-refractivity contribution in [2.75, 3.05) is 0 Å². The van der Waals surface area contributed by atoms with Gasteiger partial charge < -0.3 is 30.3 Å². The van der Waals surface area contributed by atoms with Gasteiger partial charge in [-0.2, -0.15) is 0 Å². The van der Waals surface area contributed by atoms with E-state index in [9.17, 15) is 30.3 Å². The maximum absolute atomic E-state index is 12.9. The van der Waals surface area contributed by atoms with Crippen LogP contribution in [0.15, 0.2) is 42.0 Å². The van der Waals surface area contributed by atoms with Gasteiger partial charge in [0.25, 0.3) is 0 Å². The van der Waals surface area contributed by atoms with Crippen LogP contribution < -0.4 is 4.74 Å². The first-order valence-corrected chi connectivity index (χ1v) is 10.3. The molecule has 1 aliphatic rings. The summed E-state index contributed by atoms with van der Waals surface area (Å²) in [6.45, 7) is 9.89. The quantitative estimate of drug-likeness (QED) is 0.399. The molecule has 0 saturated carbocycles. The Bertz CT molecular complexity index is 1090. The summed E-state index contributed by atoms with van der Waals surface area (Å²) in [7, 11) is 0. The van der Waals surface area contributed by atoms with E-state index in [1.165, 1.54) is 0 Å². The average molecular weight is 440 g/mol. The van der Waals surface area contributed by atoms with Gasteiger partial charge in [0.05, 0.1) is 12.0 Å². The molecule has 1 aliphatic heterocycles. The highest BCUT2D eigenvalue weighted by atomic mass is 16.5. The van der Waals surface area contributed by atoms with Crippen molar-refractivity contribution in [2.24, 2.45) is 5.92 Å². The van der Waals surface area contributed by atoms with Crippen LogP contribution in [-0.2, 0) is 6.42 Å². The van der Waals surface area contributed by atoms with E-state index in [-0.39, 0.29) is 40.7 Å². The smallest absolute Gasteiger partial charge is 0.174 e. The lowest BCUT2D eigenvalue weighted by Crippen LogP contribution is -2.22. The van der Waals surface area contributed by atoms with Gasteiger partial charge in [0.15, 0.2) is 5.78 Å². The zero-order chi connectivity index (χ0) is 23.7. The third-order valence-electron chi connectivity index (χ3n) is 5.65. The number of phenolic OH excluding ortho intramolecular Hbond substituents is 5. The summed E-state index contributed by atoms with van der Waals surface area (Å²) in [5, 5.41) is 51.0. The normalized spacial score (nSPS) is 16.1. The van der Waals surface area contributed by atoms with Crippen LogP contribution in [0.25, 0.3) is 0 Å². The Morgan fingerprint density at radius 1 is 1.06 bits per heavy atom. The van der Waals surface area contributed by atoms with E-state index in [1.807, 2.05) is 20.8 Å².